The Hall–Kier alpha value is -2.02. The third-order valence-electron chi connectivity index (χ3n) is 5.54. The van der Waals surface area contributed by atoms with E-state index in [-0.39, 0.29) is 5.91 Å². The number of benzene rings is 1. The molecule has 4 rings (SSSR count). The van der Waals surface area contributed by atoms with Gasteiger partial charge in [0.15, 0.2) is 5.16 Å². The molecule has 1 aliphatic heterocycles. The van der Waals surface area contributed by atoms with Gasteiger partial charge >= 0.3 is 0 Å². The second kappa shape index (κ2) is 8.99. The van der Waals surface area contributed by atoms with Crippen molar-refractivity contribution in [2.75, 3.05) is 30.3 Å². The first-order valence-electron chi connectivity index (χ1n) is 10.3. The average Bonchev–Trinajstić information content (AvgIpc) is 3.47. The van der Waals surface area contributed by atoms with Gasteiger partial charge in [-0.1, -0.05) is 49.0 Å². The van der Waals surface area contributed by atoms with Gasteiger partial charge in [-0.15, -0.1) is 10.2 Å². The molecule has 1 aromatic carbocycles. The monoisotopic (exact) mass is 399 g/mol. The minimum Gasteiger partial charge on any atom is -0.355 e. The van der Waals surface area contributed by atoms with Gasteiger partial charge in [0.1, 0.15) is 0 Å². The predicted molar refractivity (Wildman–Crippen MR) is 113 cm³/mol. The summed E-state index contributed by atoms with van der Waals surface area (Å²) in [4.78, 5) is 14.6. The predicted octanol–water partition coefficient (Wildman–Crippen LogP) is 3.30. The first kappa shape index (κ1) is 19.3. The summed E-state index contributed by atoms with van der Waals surface area (Å²) in [7, 11) is 0. The molecule has 0 bridgehead atoms. The van der Waals surface area contributed by atoms with Crippen molar-refractivity contribution < 1.29 is 4.79 Å². The van der Waals surface area contributed by atoms with Gasteiger partial charge in [-0.05, 0) is 43.6 Å². The van der Waals surface area contributed by atoms with Crippen LogP contribution in [0.3, 0.4) is 0 Å². The first-order valence-corrected chi connectivity index (χ1v) is 11.3. The Morgan fingerprint density at radius 3 is 2.61 bits per heavy atom. The number of carbonyl (C=O) groups excluding carboxylic acids is 1. The third kappa shape index (κ3) is 4.87. The van der Waals surface area contributed by atoms with Crippen LogP contribution in [-0.2, 0) is 11.2 Å². The van der Waals surface area contributed by atoms with Gasteiger partial charge in [0.25, 0.3) is 0 Å². The number of hydrogen-bond donors (Lipinski definition) is 1. The molecule has 2 heterocycles. The molecule has 1 amide bonds. The fourth-order valence-corrected chi connectivity index (χ4v) is 4.45. The number of aromatic nitrogens is 3. The summed E-state index contributed by atoms with van der Waals surface area (Å²) in [6.45, 7) is 5.09. The number of thioether (sulfide) groups is 1. The Bertz CT molecular complexity index is 781. The number of anilines is 1. The van der Waals surface area contributed by atoms with E-state index in [4.69, 9.17) is 0 Å². The van der Waals surface area contributed by atoms with E-state index >= 15 is 0 Å². The smallest absolute Gasteiger partial charge is 0.230 e. The van der Waals surface area contributed by atoms with Crippen molar-refractivity contribution in [3.63, 3.8) is 0 Å². The minimum absolute atomic E-state index is 0.0552. The van der Waals surface area contributed by atoms with E-state index in [1.807, 2.05) is 18.2 Å². The van der Waals surface area contributed by atoms with Crippen LogP contribution in [0.1, 0.15) is 44.2 Å². The highest BCUT2D eigenvalue weighted by atomic mass is 32.2. The van der Waals surface area contributed by atoms with Crippen molar-refractivity contribution in [3.05, 3.63) is 35.9 Å². The summed E-state index contributed by atoms with van der Waals surface area (Å²) >= 11 is 1.51. The van der Waals surface area contributed by atoms with Crippen LogP contribution in [0.25, 0.3) is 0 Å². The van der Waals surface area contributed by atoms with Gasteiger partial charge in [-0.2, -0.15) is 0 Å². The van der Waals surface area contributed by atoms with Crippen LogP contribution in [0.2, 0.25) is 0 Å². The zero-order valence-electron chi connectivity index (χ0n) is 16.5. The maximum atomic E-state index is 12.2. The number of rotatable bonds is 8. The van der Waals surface area contributed by atoms with Crippen molar-refractivity contribution in [3.8, 4) is 0 Å². The standard InChI is InChI=1S/C21H29N5OS/c1-16-10-13-25(14-11-16)20-23-24-21(26(20)18-7-8-18)28-15-19(27)22-12-9-17-5-3-2-4-6-17/h2-6,16,18H,7-15H2,1H3,(H,22,27). The summed E-state index contributed by atoms with van der Waals surface area (Å²) in [5.41, 5.74) is 1.24. The van der Waals surface area contributed by atoms with Crippen LogP contribution < -0.4 is 10.2 Å². The number of piperidine rings is 1. The molecule has 1 aromatic heterocycles. The molecule has 1 saturated carbocycles. The molecule has 150 valence electrons. The molecule has 0 unspecified atom stereocenters. The summed E-state index contributed by atoms with van der Waals surface area (Å²) in [5.74, 6) is 2.24. The van der Waals surface area contributed by atoms with Gasteiger partial charge in [0.05, 0.1) is 5.75 Å². The van der Waals surface area contributed by atoms with Crippen molar-refractivity contribution >= 4 is 23.6 Å². The van der Waals surface area contributed by atoms with Gasteiger partial charge in [0.2, 0.25) is 11.9 Å². The normalized spacial score (nSPS) is 17.7. The Morgan fingerprint density at radius 2 is 1.89 bits per heavy atom. The zero-order chi connectivity index (χ0) is 19.3. The van der Waals surface area contributed by atoms with Crippen LogP contribution in [0.5, 0.6) is 0 Å². The highest BCUT2D eigenvalue weighted by molar-refractivity contribution is 7.99. The fourth-order valence-electron chi connectivity index (χ4n) is 3.62. The molecule has 2 aliphatic rings. The maximum absolute atomic E-state index is 12.2. The molecule has 1 saturated heterocycles. The van der Waals surface area contributed by atoms with Crippen molar-refractivity contribution in [1.29, 1.82) is 0 Å². The van der Waals surface area contributed by atoms with E-state index in [9.17, 15) is 4.79 Å². The van der Waals surface area contributed by atoms with E-state index in [2.05, 4.69) is 44.0 Å². The third-order valence-corrected chi connectivity index (χ3v) is 6.48. The van der Waals surface area contributed by atoms with Gasteiger partial charge in [-0.3, -0.25) is 9.36 Å². The quantitative estimate of drug-likeness (QED) is 0.690. The summed E-state index contributed by atoms with van der Waals surface area (Å²) < 4.78 is 2.28. The van der Waals surface area contributed by atoms with Crippen LogP contribution in [-0.4, -0.2) is 46.1 Å². The van der Waals surface area contributed by atoms with E-state index in [1.54, 1.807) is 0 Å². The lowest BCUT2D eigenvalue weighted by Gasteiger charge is -2.31. The van der Waals surface area contributed by atoms with Crippen molar-refractivity contribution in [2.24, 2.45) is 5.92 Å². The number of amides is 1. The molecule has 0 spiro atoms. The SMILES string of the molecule is CC1CCN(c2nnc(SCC(=O)NCCc3ccccc3)n2C2CC2)CC1. The number of nitrogens with one attached hydrogen (secondary N) is 1. The molecule has 1 aliphatic carbocycles. The first-order chi connectivity index (χ1) is 13.7. The molecule has 0 atom stereocenters. The molecule has 2 fully saturated rings. The Labute approximate surface area is 171 Å². The lowest BCUT2D eigenvalue weighted by molar-refractivity contribution is -0.118. The molecule has 7 heteroatoms. The maximum Gasteiger partial charge on any atom is 0.230 e. The highest BCUT2D eigenvalue weighted by Gasteiger charge is 2.32. The Kier molecular flexibility index (Phi) is 6.20. The number of nitrogens with zero attached hydrogens (tertiary/aromatic N) is 4. The van der Waals surface area contributed by atoms with Crippen LogP contribution in [0, 0.1) is 5.92 Å². The molecule has 1 N–H and O–H groups in total. The van der Waals surface area contributed by atoms with Crippen LogP contribution in [0.15, 0.2) is 35.5 Å². The summed E-state index contributed by atoms with van der Waals surface area (Å²) in [6.07, 6.45) is 5.65. The van der Waals surface area contributed by atoms with E-state index in [0.717, 1.165) is 36.5 Å². The molecule has 28 heavy (non-hydrogen) atoms. The van der Waals surface area contributed by atoms with Gasteiger partial charge < -0.3 is 10.2 Å². The van der Waals surface area contributed by atoms with Crippen LogP contribution in [0.4, 0.5) is 5.95 Å². The zero-order valence-corrected chi connectivity index (χ0v) is 17.3. The molecule has 2 aromatic rings. The summed E-state index contributed by atoms with van der Waals surface area (Å²) in [5, 5.41) is 12.8. The number of carbonyl (C=O) groups is 1. The van der Waals surface area contributed by atoms with Crippen LogP contribution >= 0.6 is 11.8 Å². The summed E-state index contributed by atoms with van der Waals surface area (Å²) in [6, 6.07) is 10.7. The fraction of sp³-hybridized carbons (Fsp3) is 0.571. The highest BCUT2D eigenvalue weighted by Crippen LogP contribution is 2.41. The van der Waals surface area contributed by atoms with Gasteiger partial charge in [0, 0.05) is 25.7 Å². The Morgan fingerprint density at radius 1 is 1.14 bits per heavy atom. The van der Waals surface area contributed by atoms with Crippen molar-refractivity contribution in [1.82, 2.24) is 20.1 Å². The van der Waals surface area contributed by atoms with E-state index in [0.29, 0.717) is 18.3 Å². The molecule has 0 radical (unpaired) electrons. The number of hydrogen-bond acceptors (Lipinski definition) is 5. The second-order valence-electron chi connectivity index (χ2n) is 7.93. The van der Waals surface area contributed by atoms with Crippen molar-refractivity contribution in [2.45, 2.75) is 50.2 Å². The van der Waals surface area contributed by atoms with E-state index in [1.165, 1.54) is 43.0 Å². The second-order valence-corrected chi connectivity index (χ2v) is 8.87. The topological polar surface area (TPSA) is 63.1 Å². The van der Waals surface area contributed by atoms with Gasteiger partial charge in [-0.25, -0.2) is 0 Å². The largest absolute Gasteiger partial charge is 0.355 e. The Balaban J connectivity index is 1.30. The lowest BCUT2D eigenvalue weighted by Crippen LogP contribution is -2.34. The molecular formula is C21H29N5OS. The molecular weight excluding hydrogens is 370 g/mol. The minimum atomic E-state index is 0.0552. The average molecular weight is 400 g/mol. The lowest BCUT2D eigenvalue weighted by atomic mass is 10.00. The van der Waals surface area contributed by atoms with E-state index < -0.39 is 0 Å². The molecule has 6 nitrogen and oxygen atoms in total.